The van der Waals surface area contributed by atoms with E-state index >= 15 is 0 Å². The average Bonchev–Trinajstić information content (AvgIpc) is 3.52. The van der Waals surface area contributed by atoms with Gasteiger partial charge in [-0.05, 0) is 36.4 Å². The van der Waals surface area contributed by atoms with Crippen LogP contribution in [0, 0.1) is 11.3 Å². The lowest BCUT2D eigenvalue weighted by Crippen LogP contribution is -2.20. The lowest BCUT2D eigenvalue weighted by atomic mass is 9.83. The van der Waals surface area contributed by atoms with Gasteiger partial charge in [0.2, 0.25) is 0 Å². The zero-order chi connectivity index (χ0) is 23.2. The van der Waals surface area contributed by atoms with E-state index in [1.54, 1.807) is 60.7 Å². The second-order valence-electron chi connectivity index (χ2n) is 7.94. The molecule has 0 spiro atoms. The van der Waals surface area contributed by atoms with Crippen LogP contribution in [0.2, 0.25) is 0 Å². The predicted molar refractivity (Wildman–Crippen MR) is 127 cm³/mol. The van der Waals surface area contributed by atoms with E-state index < -0.39 is 0 Å². The molecule has 160 valence electrons. The van der Waals surface area contributed by atoms with Crippen molar-refractivity contribution in [2.75, 3.05) is 0 Å². The van der Waals surface area contributed by atoms with E-state index in [9.17, 15) is 14.9 Å². The second-order valence-corrected chi connectivity index (χ2v) is 7.94. The minimum Gasteiger partial charge on any atom is -0.457 e. The largest absolute Gasteiger partial charge is 0.457 e. The molecular formula is C28H15N3O3. The Morgan fingerprint density at radius 3 is 2.32 bits per heavy atom. The Balaban J connectivity index is 1.35. The Hall–Kier alpha value is -5.02. The van der Waals surface area contributed by atoms with Gasteiger partial charge in [0.05, 0.1) is 16.6 Å². The molecule has 6 nitrogen and oxygen atoms in total. The molecular weight excluding hydrogens is 426 g/mol. The van der Waals surface area contributed by atoms with Crippen molar-refractivity contribution in [1.82, 2.24) is 9.97 Å². The number of aromatic nitrogens is 2. The predicted octanol–water partition coefficient (Wildman–Crippen LogP) is 5.66. The fourth-order valence-electron chi connectivity index (χ4n) is 4.21. The summed E-state index contributed by atoms with van der Waals surface area (Å²) in [5.74, 6) is 1.10. The lowest BCUT2D eigenvalue weighted by Gasteiger charge is -2.17. The topological polar surface area (TPSA) is 99.8 Å². The monoisotopic (exact) mass is 441 g/mol. The van der Waals surface area contributed by atoms with Crippen molar-refractivity contribution >= 4 is 34.2 Å². The zero-order valence-corrected chi connectivity index (χ0v) is 17.7. The maximum Gasteiger partial charge on any atom is 0.194 e. The normalized spacial score (nSPS) is 13.0. The molecule has 2 aromatic heterocycles. The molecule has 0 amide bonds. The van der Waals surface area contributed by atoms with Crippen molar-refractivity contribution in [3.8, 4) is 17.4 Å². The van der Waals surface area contributed by atoms with Crippen molar-refractivity contribution in [3.63, 3.8) is 0 Å². The van der Waals surface area contributed by atoms with Gasteiger partial charge in [0, 0.05) is 33.9 Å². The number of nitrogens with zero attached hydrogens (tertiary/aromatic N) is 2. The Morgan fingerprint density at radius 2 is 1.56 bits per heavy atom. The first kappa shape index (κ1) is 19.6. The fourth-order valence-corrected chi connectivity index (χ4v) is 4.21. The van der Waals surface area contributed by atoms with Crippen LogP contribution < -0.4 is 0 Å². The number of rotatable bonds is 3. The van der Waals surface area contributed by atoms with Gasteiger partial charge < -0.3 is 9.40 Å². The number of para-hydroxylation sites is 2. The summed E-state index contributed by atoms with van der Waals surface area (Å²) in [6.07, 6.45) is 1.62. The third-order valence-electron chi connectivity index (χ3n) is 5.89. The van der Waals surface area contributed by atoms with E-state index in [1.807, 2.05) is 24.3 Å². The van der Waals surface area contributed by atoms with Crippen LogP contribution in [0.3, 0.4) is 0 Å². The number of carbonyl (C=O) groups excluding carboxylic acids is 2. The standard InChI is InChI=1S/C28H15N3O3/c29-15-17(28-30-23-7-3-4-8-24(23)31-28)13-18-10-12-25(34-18)16-9-11-21-22(14-16)27(33)20-6-2-1-5-19(20)26(21)32/h1-14H,(H,30,31)/b17-13-. The van der Waals surface area contributed by atoms with Crippen LogP contribution in [0.15, 0.2) is 83.3 Å². The van der Waals surface area contributed by atoms with Gasteiger partial charge in [0.1, 0.15) is 23.4 Å². The highest BCUT2D eigenvalue weighted by Crippen LogP contribution is 2.32. The highest BCUT2D eigenvalue weighted by atomic mass is 16.3. The van der Waals surface area contributed by atoms with Crippen molar-refractivity contribution in [1.29, 1.82) is 5.26 Å². The van der Waals surface area contributed by atoms with E-state index in [4.69, 9.17) is 4.42 Å². The minimum absolute atomic E-state index is 0.163. The number of benzene rings is 3. The number of aromatic amines is 1. The Bertz CT molecular complexity index is 1680. The van der Waals surface area contributed by atoms with E-state index in [-0.39, 0.29) is 11.6 Å². The van der Waals surface area contributed by atoms with Crippen molar-refractivity contribution in [3.05, 3.63) is 113 Å². The summed E-state index contributed by atoms with van der Waals surface area (Å²) in [7, 11) is 0. The van der Waals surface area contributed by atoms with Crippen molar-refractivity contribution in [2.45, 2.75) is 0 Å². The third-order valence-corrected chi connectivity index (χ3v) is 5.89. The van der Waals surface area contributed by atoms with Crippen LogP contribution in [0.1, 0.15) is 43.4 Å². The first-order valence-electron chi connectivity index (χ1n) is 10.6. The number of fused-ring (bicyclic) bond motifs is 3. The van der Waals surface area contributed by atoms with Crippen LogP contribution in [0.25, 0.3) is 34.0 Å². The van der Waals surface area contributed by atoms with Crippen LogP contribution in [0.4, 0.5) is 0 Å². The molecule has 0 bridgehead atoms. The van der Waals surface area contributed by atoms with Gasteiger partial charge in [-0.1, -0.05) is 42.5 Å². The number of nitriles is 1. The number of allylic oxidation sites excluding steroid dienone is 1. The number of nitrogens with one attached hydrogen (secondary N) is 1. The molecule has 0 fully saturated rings. The van der Waals surface area contributed by atoms with Gasteiger partial charge in [0.15, 0.2) is 11.6 Å². The summed E-state index contributed by atoms with van der Waals surface area (Å²) in [6.45, 7) is 0. The molecule has 1 N–H and O–H groups in total. The van der Waals surface area contributed by atoms with E-state index in [0.29, 0.717) is 50.7 Å². The minimum atomic E-state index is -0.185. The number of furan rings is 1. The molecule has 3 aromatic carbocycles. The Morgan fingerprint density at radius 1 is 0.853 bits per heavy atom. The summed E-state index contributed by atoms with van der Waals surface area (Å²) in [5, 5.41) is 9.67. The second kappa shape index (κ2) is 7.54. The summed E-state index contributed by atoms with van der Waals surface area (Å²) in [4.78, 5) is 33.5. The van der Waals surface area contributed by atoms with Crippen molar-refractivity contribution in [2.24, 2.45) is 0 Å². The molecule has 0 atom stereocenters. The Kier molecular flexibility index (Phi) is 4.36. The molecule has 0 saturated carbocycles. The number of imidazole rings is 1. The molecule has 0 unspecified atom stereocenters. The number of carbonyl (C=O) groups is 2. The smallest absolute Gasteiger partial charge is 0.194 e. The first-order chi connectivity index (χ1) is 16.6. The molecule has 6 heteroatoms. The van der Waals surface area contributed by atoms with Gasteiger partial charge in [-0.3, -0.25) is 9.59 Å². The molecule has 6 rings (SSSR count). The van der Waals surface area contributed by atoms with Crippen LogP contribution >= 0.6 is 0 Å². The van der Waals surface area contributed by atoms with Gasteiger partial charge in [-0.15, -0.1) is 0 Å². The highest BCUT2D eigenvalue weighted by Gasteiger charge is 2.29. The van der Waals surface area contributed by atoms with Crippen LogP contribution in [-0.4, -0.2) is 21.5 Å². The molecule has 1 aliphatic carbocycles. The number of ketones is 2. The highest BCUT2D eigenvalue weighted by molar-refractivity contribution is 6.28. The third kappa shape index (κ3) is 3.07. The van der Waals surface area contributed by atoms with Gasteiger partial charge in [-0.25, -0.2) is 4.98 Å². The SMILES string of the molecule is N#C/C(=C/c1ccc(-c2ccc3c(c2)C(=O)c2ccccc2C3=O)o1)c1nc2ccccc2[nH]1. The molecule has 34 heavy (non-hydrogen) atoms. The maximum atomic E-state index is 13.0. The van der Waals surface area contributed by atoms with Crippen molar-refractivity contribution < 1.29 is 14.0 Å². The number of hydrogen-bond donors (Lipinski definition) is 1. The summed E-state index contributed by atoms with van der Waals surface area (Å²) < 4.78 is 5.95. The van der Waals surface area contributed by atoms with Crippen LogP contribution in [-0.2, 0) is 0 Å². The van der Waals surface area contributed by atoms with Crippen LogP contribution in [0.5, 0.6) is 0 Å². The quantitative estimate of drug-likeness (QED) is 0.357. The fraction of sp³-hybridized carbons (Fsp3) is 0. The lowest BCUT2D eigenvalue weighted by molar-refractivity contribution is 0.0979. The van der Waals surface area contributed by atoms with Gasteiger partial charge in [0.25, 0.3) is 0 Å². The number of hydrogen-bond acceptors (Lipinski definition) is 5. The van der Waals surface area contributed by atoms with E-state index in [1.165, 1.54) is 0 Å². The first-order valence-corrected chi connectivity index (χ1v) is 10.6. The van der Waals surface area contributed by atoms with E-state index in [2.05, 4.69) is 16.0 Å². The zero-order valence-electron chi connectivity index (χ0n) is 17.7. The Labute approximate surface area is 193 Å². The van der Waals surface area contributed by atoms with E-state index in [0.717, 1.165) is 11.0 Å². The molecule has 0 radical (unpaired) electrons. The summed E-state index contributed by atoms with van der Waals surface area (Å²) in [6, 6.07) is 25.2. The van der Waals surface area contributed by atoms with Gasteiger partial charge in [-0.2, -0.15) is 5.26 Å². The van der Waals surface area contributed by atoms with Gasteiger partial charge >= 0.3 is 0 Å². The molecule has 1 aliphatic rings. The number of H-pyrrole nitrogens is 1. The summed E-state index contributed by atoms with van der Waals surface area (Å²) in [5.41, 5.74) is 4.19. The summed E-state index contributed by atoms with van der Waals surface area (Å²) >= 11 is 0. The molecule has 0 saturated heterocycles. The molecule has 2 heterocycles. The average molecular weight is 441 g/mol. The molecule has 0 aliphatic heterocycles. The maximum absolute atomic E-state index is 13.0. The molecule has 5 aromatic rings.